The van der Waals surface area contributed by atoms with Gasteiger partial charge in [0.05, 0.1) is 5.69 Å². The Morgan fingerprint density at radius 2 is 2.27 bits per heavy atom. The molecule has 0 amide bonds. The summed E-state index contributed by atoms with van der Waals surface area (Å²) in [6.07, 6.45) is 2.53. The fraction of sp³-hybridized carbons (Fsp3) is 0.600. The Kier molecular flexibility index (Phi) is 3.45. The first kappa shape index (κ1) is 10.3. The third kappa shape index (κ3) is 2.62. The fourth-order valence-electron chi connectivity index (χ4n) is 1.71. The molecule has 0 atom stereocenters. The van der Waals surface area contributed by atoms with Crippen molar-refractivity contribution < 1.29 is 4.39 Å². The Morgan fingerprint density at radius 3 is 3.13 bits per heavy atom. The zero-order valence-corrected chi connectivity index (χ0v) is 8.62. The van der Waals surface area contributed by atoms with Crippen LogP contribution in [0.2, 0.25) is 0 Å². The van der Waals surface area contributed by atoms with E-state index >= 15 is 0 Å². The van der Waals surface area contributed by atoms with Crippen LogP contribution in [0.4, 0.5) is 10.2 Å². The number of aromatic nitrogens is 2. The quantitative estimate of drug-likeness (QED) is 0.782. The highest BCUT2D eigenvalue weighted by Gasteiger charge is 2.11. The molecule has 0 aromatic carbocycles. The predicted molar refractivity (Wildman–Crippen MR) is 56.5 cm³/mol. The first-order valence-corrected chi connectivity index (χ1v) is 5.22. The average Bonchev–Trinajstić information content (AvgIpc) is 2.58. The van der Waals surface area contributed by atoms with Crippen LogP contribution in [-0.4, -0.2) is 36.1 Å². The normalized spacial score (nSPS) is 17.5. The molecule has 0 bridgehead atoms. The van der Waals surface area contributed by atoms with Crippen molar-refractivity contribution in [2.75, 3.05) is 31.1 Å². The van der Waals surface area contributed by atoms with Crippen LogP contribution < -0.4 is 10.2 Å². The Labute approximate surface area is 88.5 Å². The van der Waals surface area contributed by atoms with Crippen molar-refractivity contribution in [1.29, 1.82) is 0 Å². The smallest absolute Gasteiger partial charge is 0.132 e. The molecule has 0 radical (unpaired) electrons. The summed E-state index contributed by atoms with van der Waals surface area (Å²) in [5, 5.41) is 3.32. The summed E-state index contributed by atoms with van der Waals surface area (Å²) in [5.74, 6) is 0.835. The van der Waals surface area contributed by atoms with Gasteiger partial charge in [-0.3, -0.25) is 0 Å². The van der Waals surface area contributed by atoms with E-state index in [1.165, 1.54) is 6.33 Å². The van der Waals surface area contributed by atoms with Crippen molar-refractivity contribution in [1.82, 2.24) is 15.3 Å². The third-order valence-electron chi connectivity index (χ3n) is 2.51. The Balaban J connectivity index is 2.12. The summed E-state index contributed by atoms with van der Waals surface area (Å²) >= 11 is 0. The number of hydrogen-bond acceptors (Lipinski definition) is 4. The van der Waals surface area contributed by atoms with E-state index < -0.39 is 6.67 Å². The van der Waals surface area contributed by atoms with Crippen molar-refractivity contribution in [3.63, 3.8) is 0 Å². The molecule has 1 aliphatic rings. The van der Waals surface area contributed by atoms with Gasteiger partial charge in [-0.05, 0) is 13.0 Å². The molecule has 1 aliphatic heterocycles. The summed E-state index contributed by atoms with van der Waals surface area (Å²) < 4.78 is 12.4. The average molecular weight is 210 g/mol. The van der Waals surface area contributed by atoms with Crippen LogP contribution in [0, 0.1) is 0 Å². The molecule has 0 aliphatic carbocycles. The summed E-state index contributed by atoms with van der Waals surface area (Å²) in [6, 6.07) is 1.73. The molecule has 82 valence electrons. The first-order valence-electron chi connectivity index (χ1n) is 5.22. The molecule has 15 heavy (non-hydrogen) atoms. The Hall–Kier alpha value is -1.23. The van der Waals surface area contributed by atoms with Gasteiger partial charge in [-0.15, -0.1) is 0 Å². The van der Waals surface area contributed by atoms with Gasteiger partial charge < -0.3 is 10.2 Å². The van der Waals surface area contributed by atoms with Crippen molar-refractivity contribution in [2.24, 2.45) is 0 Å². The molecule has 5 heteroatoms. The largest absolute Gasteiger partial charge is 0.355 e. The van der Waals surface area contributed by atoms with Gasteiger partial charge in [0.25, 0.3) is 0 Å². The maximum absolute atomic E-state index is 12.4. The molecule has 1 aromatic rings. The molecule has 0 saturated carbocycles. The van der Waals surface area contributed by atoms with Gasteiger partial charge in [0.1, 0.15) is 18.8 Å². The molecular formula is C10H15FN4. The number of nitrogens with one attached hydrogen (secondary N) is 1. The zero-order valence-electron chi connectivity index (χ0n) is 8.62. The van der Waals surface area contributed by atoms with E-state index in [4.69, 9.17) is 0 Å². The van der Waals surface area contributed by atoms with E-state index in [9.17, 15) is 4.39 Å². The Morgan fingerprint density at radius 1 is 1.33 bits per heavy atom. The minimum absolute atomic E-state index is 0.456. The van der Waals surface area contributed by atoms with Crippen molar-refractivity contribution in [2.45, 2.75) is 13.1 Å². The molecule has 4 nitrogen and oxygen atoms in total. The van der Waals surface area contributed by atoms with E-state index in [0.29, 0.717) is 5.69 Å². The SMILES string of the molecule is FCc1cc(N2CCCNCC2)ncn1. The van der Waals surface area contributed by atoms with Gasteiger partial charge in [-0.1, -0.05) is 0 Å². The molecular weight excluding hydrogens is 195 g/mol. The maximum atomic E-state index is 12.4. The molecule has 0 spiro atoms. The second-order valence-electron chi connectivity index (χ2n) is 3.59. The minimum atomic E-state index is -0.526. The maximum Gasteiger partial charge on any atom is 0.132 e. The third-order valence-corrected chi connectivity index (χ3v) is 2.51. The van der Waals surface area contributed by atoms with E-state index in [1.54, 1.807) is 6.07 Å². The first-order chi connectivity index (χ1) is 7.40. The lowest BCUT2D eigenvalue weighted by Crippen LogP contribution is -2.28. The minimum Gasteiger partial charge on any atom is -0.355 e. The number of alkyl halides is 1. The number of halogens is 1. The Bertz CT molecular complexity index is 310. The van der Waals surface area contributed by atoms with Crippen LogP contribution in [0.1, 0.15) is 12.1 Å². The van der Waals surface area contributed by atoms with Crippen LogP contribution in [-0.2, 0) is 6.67 Å². The van der Waals surface area contributed by atoms with Gasteiger partial charge in [-0.25, -0.2) is 14.4 Å². The van der Waals surface area contributed by atoms with Crippen molar-refractivity contribution in [3.8, 4) is 0 Å². The number of hydrogen-bond donors (Lipinski definition) is 1. The summed E-state index contributed by atoms with van der Waals surface area (Å²) in [4.78, 5) is 10.2. The van der Waals surface area contributed by atoms with Gasteiger partial charge in [0, 0.05) is 25.7 Å². The lowest BCUT2D eigenvalue weighted by molar-refractivity contribution is 0.475. The van der Waals surface area contributed by atoms with Crippen LogP contribution in [0.3, 0.4) is 0 Å². The van der Waals surface area contributed by atoms with Crippen LogP contribution in [0.15, 0.2) is 12.4 Å². The monoisotopic (exact) mass is 210 g/mol. The van der Waals surface area contributed by atoms with Gasteiger partial charge >= 0.3 is 0 Å². The highest BCUT2D eigenvalue weighted by molar-refractivity contribution is 5.38. The highest BCUT2D eigenvalue weighted by Crippen LogP contribution is 2.12. The van der Waals surface area contributed by atoms with Gasteiger partial charge in [-0.2, -0.15) is 0 Å². The molecule has 1 N–H and O–H groups in total. The highest BCUT2D eigenvalue weighted by atomic mass is 19.1. The predicted octanol–water partition coefficient (Wildman–Crippen LogP) is 0.746. The zero-order chi connectivity index (χ0) is 10.5. The standard InChI is InChI=1S/C10H15FN4/c11-7-9-6-10(14-8-13-9)15-4-1-2-12-3-5-15/h6,8,12H,1-5,7H2. The van der Waals surface area contributed by atoms with Crippen molar-refractivity contribution in [3.05, 3.63) is 18.1 Å². The molecule has 2 rings (SSSR count). The summed E-state index contributed by atoms with van der Waals surface area (Å²) in [5.41, 5.74) is 0.456. The van der Waals surface area contributed by atoms with Gasteiger partial charge in [0.2, 0.25) is 0 Å². The fourth-order valence-corrected chi connectivity index (χ4v) is 1.71. The number of nitrogens with zero attached hydrogens (tertiary/aromatic N) is 3. The van der Waals surface area contributed by atoms with Crippen LogP contribution in [0.25, 0.3) is 0 Å². The second-order valence-corrected chi connectivity index (χ2v) is 3.59. The molecule has 1 saturated heterocycles. The lowest BCUT2D eigenvalue weighted by atomic mass is 10.3. The topological polar surface area (TPSA) is 41.0 Å². The number of anilines is 1. The lowest BCUT2D eigenvalue weighted by Gasteiger charge is -2.20. The summed E-state index contributed by atoms with van der Waals surface area (Å²) in [6.45, 7) is 3.35. The van der Waals surface area contributed by atoms with Crippen molar-refractivity contribution >= 4 is 5.82 Å². The molecule has 1 fully saturated rings. The van der Waals surface area contributed by atoms with Crippen LogP contribution in [0.5, 0.6) is 0 Å². The van der Waals surface area contributed by atoms with E-state index in [1.807, 2.05) is 0 Å². The van der Waals surface area contributed by atoms with Crippen LogP contribution >= 0.6 is 0 Å². The summed E-state index contributed by atoms with van der Waals surface area (Å²) in [7, 11) is 0. The molecule has 0 unspecified atom stereocenters. The molecule has 1 aromatic heterocycles. The molecule has 2 heterocycles. The van der Waals surface area contributed by atoms with E-state index in [0.717, 1.165) is 38.4 Å². The van der Waals surface area contributed by atoms with E-state index in [-0.39, 0.29) is 0 Å². The van der Waals surface area contributed by atoms with Gasteiger partial charge in [0.15, 0.2) is 0 Å². The van der Waals surface area contributed by atoms with E-state index in [2.05, 4.69) is 20.2 Å². The number of rotatable bonds is 2. The second kappa shape index (κ2) is 5.02.